The highest BCUT2D eigenvalue weighted by Gasteiger charge is 2.24. The smallest absolute Gasteiger partial charge is 0.307 e. The summed E-state index contributed by atoms with van der Waals surface area (Å²) in [5, 5.41) is 12.5. The van der Waals surface area contributed by atoms with Gasteiger partial charge in [0.1, 0.15) is 5.84 Å². The molecule has 1 atom stereocenters. The lowest BCUT2D eigenvalue weighted by molar-refractivity contribution is -0.144. The van der Waals surface area contributed by atoms with E-state index < -0.39 is 6.23 Å². The Kier molecular flexibility index (Phi) is 5.29. The van der Waals surface area contributed by atoms with Crippen molar-refractivity contribution in [3.8, 4) is 0 Å². The van der Waals surface area contributed by atoms with E-state index in [0.29, 0.717) is 24.1 Å². The lowest BCUT2D eigenvalue weighted by Gasteiger charge is -2.11. The van der Waals surface area contributed by atoms with E-state index in [1.807, 2.05) is 0 Å². The van der Waals surface area contributed by atoms with Crippen molar-refractivity contribution in [2.24, 2.45) is 5.73 Å². The van der Waals surface area contributed by atoms with Crippen molar-refractivity contribution < 1.29 is 19.1 Å². The molecule has 1 heterocycles. The summed E-state index contributed by atoms with van der Waals surface area (Å²) in [6.07, 6.45) is 0.185. The summed E-state index contributed by atoms with van der Waals surface area (Å²) in [4.78, 5) is 34.4. The molecule has 1 unspecified atom stereocenters. The molecule has 8 nitrogen and oxygen atoms in total. The van der Waals surface area contributed by atoms with Gasteiger partial charge in [-0.3, -0.25) is 19.8 Å². The summed E-state index contributed by atoms with van der Waals surface area (Å²) in [5.74, 6) is -1.03. The van der Waals surface area contributed by atoms with Crippen molar-refractivity contribution >= 4 is 29.3 Å². The quantitative estimate of drug-likeness (QED) is 0.343. The summed E-state index contributed by atoms with van der Waals surface area (Å²) in [5.41, 5.74) is 6.47. The summed E-state index contributed by atoms with van der Waals surface area (Å²) in [6.45, 7) is 0. The number of benzene rings is 1. The van der Waals surface area contributed by atoms with Crippen LogP contribution < -0.4 is 16.4 Å². The Morgan fingerprint density at radius 1 is 1.22 bits per heavy atom. The van der Waals surface area contributed by atoms with Gasteiger partial charge in [-0.2, -0.15) is 0 Å². The fourth-order valence-corrected chi connectivity index (χ4v) is 2.06. The topological polar surface area (TPSA) is 134 Å². The van der Waals surface area contributed by atoms with E-state index in [9.17, 15) is 14.4 Å². The van der Waals surface area contributed by atoms with Gasteiger partial charge in [0.05, 0.1) is 6.42 Å². The highest BCUT2D eigenvalue weighted by atomic mass is 16.6. The van der Waals surface area contributed by atoms with Crippen LogP contribution in [0.2, 0.25) is 0 Å². The van der Waals surface area contributed by atoms with Crippen molar-refractivity contribution in [3.05, 3.63) is 29.8 Å². The van der Waals surface area contributed by atoms with Crippen LogP contribution in [0.15, 0.2) is 24.3 Å². The van der Waals surface area contributed by atoms with E-state index in [1.165, 1.54) is 0 Å². The van der Waals surface area contributed by atoms with Crippen molar-refractivity contribution in [2.45, 2.75) is 31.9 Å². The number of anilines is 1. The Labute approximate surface area is 132 Å². The van der Waals surface area contributed by atoms with Crippen LogP contribution in [0, 0.1) is 5.41 Å². The number of esters is 1. The Hall–Kier alpha value is -2.90. The largest absolute Gasteiger partial charge is 0.442 e. The van der Waals surface area contributed by atoms with Gasteiger partial charge in [0.15, 0.2) is 6.23 Å². The molecule has 1 saturated heterocycles. The van der Waals surface area contributed by atoms with Gasteiger partial charge < -0.3 is 21.1 Å². The van der Waals surface area contributed by atoms with Crippen molar-refractivity contribution in [1.29, 1.82) is 5.41 Å². The van der Waals surface area contributed by atoms with Gasteiger partial charge in [-0.15, -0.1) is 0 Å². The first-order chi connectivity index (χ1) is 10.9. The maximum absolute atomic E-state index is 11.8. The number of carbonyl (C=O) groups is 3. The molecule has 2 rings (SSSR count). The molecule has 0 bridgehead atoms. The molecule has 5 N–H and O–H groups in total. The van der Waals surface area contributed by atoms with Crippen LogP contribution >= 0.6 is 0 Å². The van der Waals surface area contributed by atoms with Gasteiger partial charge in [0, 0.05) is 30.5 Å². The summed E-state index contributed by atoms with van der Waals surface area (Å²) >= 11 is 0. The molecule has 0 aromatic heterocycles. The van der Waals surface area contributed by atoms with Crippen LogP contribution in [0.3, 0.4) is 0 Å². The molecule has 0 aliphatic carbocycles. The van der Waals surface area contributed by atoms with Crippen molar-refractivity contribution in [3.63, 3.8) is 0 Å². The number of nitrogens with two attached hydrogens (primary N) is 1. The standard InChI is InChI=1S/C15H18N4O4/c16-15(17)9-1-3-10(4-2-9)18-11(20)5-6-12(21)19-13-7-8-14(22)23-13/h1-4,13H,5-8H2,(H3,16,17)(H,18,20)(H,19,21). The Balaban J connectivity index is 1.73. The first-order valence-corrected chi connectivity index (χ1v) is 7.17. The monoisotopic (exact) mass is 318 g/mol. The van der Waals surface area contributed by atoms with Crippen molar-refractivity contribution in [1.82, 2.24) is 5.32 Å². The van der Waals surface area contributed by atoms with Gasteiger partial charge in [0.25, 0.3) is 0 Å². The Bertz CT molecular complexity index is 627. The number of hydrogen-bond donors (Lipinski definition) is 4. The molecule has 1 fully saturated rings. The van der Waals surface area contributed by atoms with E-state index in [-0.39, 0.29) is 36.5 Å². The molecule has 23 heavy (non-hydrogen) atoms. The van der Waals surface area contributed by atoms with E-state index >= 15 is 0 Å². The summed E-state index contributed by atoms with van der Waals surface area (Å²) in [6, 6.07) is 6.51. The molecule has 2 amide bonds. The number of carbonyl (C=O) groups excluding carboxylic acids is 3. The predicted molar refractivity (Wildman–Crippen MR) is 82.6 cm³/mol. The lowest BCUT2D eigenvalue weighted by atomic mass is 10.2. The molecule has 0 spiro atoms. The molecule has 0 radical (unpaired) electrons. The van der Waals surface area contributed by atoms with Crippen LogP contribution in [0.4, 0.5) is 5.69 Å². The number of nitrogens with one attached hydrogen (secondary N) is 3. The SMILES string of the molecule is N=C(N)c1ccc(NC(=O)CCC(=O)NC2CCC(=O)O2)cc1. The minimum atomic E-state index is -0.586. The first-order valence-electron chi connectivity index (χ1n) is 7.17. The molecule has 1 aromatic carbocycles. The van der Waals surface area contributed by atoms with Crippen LogP contribution in [-0.4, -0.2) is 29.8 Å². The minimum Gasteiger partial charge on any atom is -0.442 e. The zero-order chi connectivity index (χ0) is 16.8. The third-order valence-corrected chi connectivity index (χ3v) is 3.27. The summed E-state index contributed by atoms with van der Waals surface area (Å²) in [7, 11) is 0. The molecular weight excluding hydrogens is 300 g/mol. The number of amidine groups is 1. The van der Waals surface area contributed by atoms with Gasteiger partial charge in [0.2, 0.25) is 11.8 Å². The highest BCUT2D eigenvalue weighted by Crippen LogP contribution is 2.12. The zero-order valence-electron chi connectivity index (χ0n) is 12.4. The highest BCUT2D eigenvalue weighted by molar-refractivity contribution is 5.96. The fourth-order valence-electron chi connectivity index (χ4n) is 2.06. The predicted octanol–water partition coefficient (Wildman–Crippen LogP) is 0.469. The van der Waals surface area contributed by atoms with E-state index in [1.54, 1.807) is 24.3 Å². The fraction of sp³-hybridized carbons (Fsp3) is 0.333. The van der Waals surface area contributed by atoms with Gasteiger partial charge >= 0.3 is 5.97 Å². The van der Waals surface area contributed by atoms with E-state index in [2.05, 4.69) is 10.6 Å². The van der Waals surface area contributed by atoms with Crippen molar-refractivity contribution in [2.75, 3.05) is 5.32 Å². The minimum absolute atomic E-state index is 0.00537. The molecule has 8 heteroatoms. The zero-order valence-corrected chi connectivity index (χ0v) is 12.4. The second kappa shape index (κ2) is 7.39. The number of amides is 2. The van der Waals surface area contributed by atoms with E-state index in [4.69, 9.17) is 15.9 Å². The van der Waals surface area contributed by atoms with Crippen LogP contribution in [0.1, 0.15) is 31.2 Å². The molecule has 1 aliphatic heterocycles. The lowest BCUT2D eigenvalue weighted by Crippen LogP contribution is -2.34. The normalized spacial score (nSPS) is 16.5. The Morgan fingerprint density at radius 2 is 1.87 bits per heavy atom. The molecular formula is C15H18N4O4. The van der Waals surface area contributed by atoms with Crippen LogP contribution in [0.25, 0.3) is 0 Å². The van der Waals surface area contributed by atoms with E-state index in [0.717, 1.165) is 0 Å². The average Bonchev–Trinajstić information content (AvgIpc) is 2.91. The molecule has 0 saturated carbocycles. The second-order valence-corrected chi connectivity index (χ2v) is 5.12. The molecule has 122 valence electrons. The summed E-state index contributed by atoms with van der Waals surface area (Å²) < 4.78 is 4.87. The number of hydrogen-bond acceptors (Lipinski definition) is 5. The molecule has 1 aromatic rings. The maximum Gasteiger partial charge on any atom is 0.307 e. The number of nitrogen functional groups attached to an aromatic ring is 1. The van der Waals surface area contributed by atoms with Crippen LogP contribution in [-0.2, 0) is 19.1 Å². The van der Waals surface area contributed by atoms with Gasteiger partial charge in [-0.05, 0) is 24.3 Å². The van der Waals surface area contributed by atoms with Gasteiger partial charge in [-0.1, -0.05) is 0 Å². The van der Waals surface area contributed by atoms with Gasteiger partial charge in [-0.25, -0.2) is 0 Å². The van der Waals surface area contributed by atoms with Crippen LogP contribution in [0.5, 0.6) is 0 Å². The third kappa shape index (κ3) is 5.10. The number of ether oxygens (including phenoxy) is 1. The first kappa shape index (κ1) is 16.5. The number of rotatable bonds is 6. The third-order valence-electron chi connectivity index (χ3n) is 3.27. The Morgan fingerprint density at radius 3 is 2.43 bits per heavy atom. The maximum atomic E-state index is 11.8. The number of cyclic esters (lactones) is 1. The second-order valence-electron chi connectivity index (χ2n) is 5.12. The average molecular weight is 318 g/mol. The molecule has 1 aliphatic rings.